The highest BCUT2D eigenvalue weighted by Crippen LogP contribution is 2.26. The van der Waals surface area contributed by atoms with Crippen LogP contribution in [0.2, 0.25) is 0 Å². The van der Waals surface area contributed by atoms with Gasteiger partial charge in [0.2, 0.25) is 0 Å². The van der Waals surface area contributed by atoms with Crippen molar-refractivity contribution in [1.82, 2.24) is 4.90 Å². The van der Waals surface area contributed by atoms with Gasteiger partial charge in [0.1, 0.15) is 12.3 Å². The van der Waals surface area contributed by atoms with Gasteiger partial charge in [0, 0.05) is 18.0 Å². The summed E-state index contributed by atoms with van der Waals surface area (Å²) in [5, 5.41) is 0. The minimum absolute atomic E-state index is 0.0703. The maximum Gasteiger partial charge on any atom is 0.406 e. The van der Waals surface area contributed by atoms with Crippen LogP contribution in [0.15, 0.2) is 22.7 Å². The standard InChI is InChI=1S/C12H12BrClF3NO2/c1-20-10-3-2-8(6-9(10)13)11(19)18(5-4-14)7-12(15,16)17/h2-3,6H,4-5,7H2,1H3. The van der Waals surface area contributed by atoms with Crippen LogP contribution in [0.1, 0.15) is 10.4 Å². The van der Waals surface area contributed by atoms with Gasteiger partial charge in [-0.05, 0) is 34.1 Å². The van der Waals surface area contributed by atoms with Crippen molar-refractivity contribution in [3.63, 3.8) is 0 Å². The maximum absolute atomic E-state index is 12.4. The van der Waals surface area contributed by atoms with E-state index in [1.807, 2.05) is 0 Å². The topological polar surface area (TPSA) is 29.5 Å². The molecule has 0 heterocycles. The Labute approximate surface area is 127 Å². The van der Waals surface area contributed by atoms with Crippen molar-refractivity contribution in [1.29, 1.82) is 0 Å². The maximum atomic E-state index is 12.4. The monoisotopic (exact) mass is 373 g/mol. The van der Waals surface area contributed by atoms with Crippen LogP contribution in [0, 0.1) is 0 Å². The number of hydrogen-bond acceptors (Lipinski definition) is 2. The molecule has 0 aliphatic heterocycles. The summed E-state index contributed by atoms with van der Waals surface area (Å²) in [6.07, 6.45) is -4.47. The minimum Gasteiger partial charge on any atom is -0.496 e. The first-order chi connectivity index (χ1) is 9.28. The molecule has 0 radical (unpaired) electrons. The number of halogens is 5. The molecule has 0 unspecified atom stereocenters. The van der Waals surface area contributed by atoms with E-state index in [2.05, 4.69) is 15.9 Å². The number of ether oxygens (including phenoxy) is 1. The third kappa shape index (κ3) is 4.86. The molecule has 1 aromatic rings. The molecule has 0 saturated carbocycles. The van der Waals surface area contributed by atoms with Crippen LogP contribution in [-0.4, -0.2) is 43.1 Å². The largest absolute Gasteiger partial charge is 0.496 e. The average Bonchev–Trinajstić information content (AvgIpc) is 2.35. The Morgan fingerprint density at radius 2 is 2.10 bits per heavy atom. The first kappa shape index (κ1) is 17.1. The lowest BCUT2D eigenvalue weighted by Gasteiger charge is -2.23. The molecule has 3 nitrogen and oxygen atoms in total. The van der Waals surface area contributed by atoms with Gasteiger partial charge < -0.3 is 9.64 Å². The lowest BCUT2D eigenvalue weighted by molar-refractivity contribution is -0.140. The van der Waals surface area contributed by atoms with Crippen LogP contribution in [0.25, 0.3) is 0 Å². The molecule has 1 amide bonds. The summed E-state index contributed by atoms with van der Waals surface area (Å²) >= 11 is 8.63. The van der Waals surface area contributed by atoms with Gasteiger partial charge in [0.15, 0.2) is 0 Å². The molecule has 0 saturated heterocycles. The summed E-state index contributed by atoms with van der Waals surface area (Å²) in [6.45, 7) is -1.51. The number of methoxy groups -OCH3 is 1. The van der Waals surface area contributed by atoms with E-state index >= 15 is 0 Å². The van der Waals surface area contributed by atoms with Gasteiger partial charge in [0.25, 0.3) is 5.91 Å². The molecular formula is C12H12BrClF3NO2. The molecule has 0 atom stereocenters. The van der Waals surface area contributed by atoms with Crippen molar-refractivity contribution in [2.24, 2.45) is 0 Å². The van der Waals surface area contributed by atoms with Crippen molar-refractivity contribution in [3.8, 4) is 5.75 Å². The van der Waals surface area contributed by atoms with Crippen molar-refractivity contribution >= 4 is 33.4 Å². The molecule has 0 aliphatic rings. The fourth-order valence-electron chi connectivity index (χ4n) is 1.55. The molecule has 20 heavy (non-hydrogen) atoms. The fraction of sp³-hybridized carbons (Fsp3) is 0.417. The van der Waals surface area contributed by atoms with Gasteiger partial charge in [-0.3, -0.25) is 4.79 Å². The number of rotatable bonds is 5. The molecular weight excluding hydrogens is 362 g/mol. The smallest absolute Gasteiger partial charge is 0.406 e. The second-order valence-electron chi connectivity index (χ2n) is 3.88. The Morgan fingerprint density at radius 1 is 1.45 bits per heavy atom. The summed E-state index contributed by atoms with van der Waals surface area (Å²) in [7, 11) is 1.45. The number of carbonyl (C=O) groups excluding carboxylic acids is 1. The van der Waals surface area contributed by atoms with Gasteiger partial charge in [-0.15, -0.1) is 11.6 Å². The first-order valence-electron chi connectivity index (χ1n) is 5.54. The van der Waals surface area contributed by atoms with E-state index in [1.165, 1.54) is 25.3 Å². The number of amides is 1. The third-order valence-corrected chi connectivity index (χ3v) is 3.20. The molecule has 0 aromatic heterocycles. The summed E-state index contributed by atoms with van der Waals surface area (Å²) in [5.74, 6) is -0.313. The summed E-state index contributed by atoms with van der Waals surface area (Å²) in [4.78, 5) is 12.7. The zero-order chi connectivity index (χ0) is 15.3. The molecule has 0 N–H and O–H groups in total. The van der Waals surface area contributed by atoms with E-state index in [4.69, 9.17) is 16.3 Å². The number of benzene rings is 1. The second kappa shape index (κ2) is 7.17. The molecule has 0 aliphatic carbocycles. The van der Waals surface area contributed by atoms with Gasteiger partial charge in [-0.1, -0.05) is 0 Å². The highest BCUT2D eigenvalue weighted by molar-refractivity contribution is 9.10. The van der Waals surface area contributed by atoms with E-state index < -0.39 is 18.6 Å². The van der Waals surface area contributed by atoms with Crippen LogP contribution < -0.4 is 4.74 Å². The summed E-state index contributed by atoms with van der Waals surface area (Å²) in [5.41, 5.74) is 0.132. The zero-order valence-corrected chi connectivity index (χ0v) is 12.8. The SMILES string of the molecule is COc1ccc(C(=O)N(CCCl)CC(F)(F)F)cc1Br. The van der Waals surface area contributed by atoms with Crippen molar-refractivity contribution in [2.75, 3.05) is 26.1 Å². The van der Waals surface area contributed by atoms with Crippen LogP contribution >= 0.6 is 27.5 Å². The fourth-order valence-corrected chi connectivity index (χ4v) is 2.30. The van der Waals surface area contributed by atoms with Gasteiger partial charge >= 0.3 is 6.18 Å². The van der Waals surface area contributed by atoms with Crippen LogP contribution in [0.5, 0.6) is 5.75 Å². The van der Waals surface area contributed by atoms with Crippen molar-refractivity contribution in [3.05, 3.63) is 28.2 Å². The predicted molar refractivity (Wildman–Crippen MR) is 73.4 cm³/mol. The molecule has 112 valence electrons. The Morgan fingerprint density at radius 3 is 2.55 bits per heavy atom. The molecule has 0 bridgehead atoms. The molecule has 0 spiro atoms. The Bertz CT molecular complexity index is 482. The van der Waals surface area contributed by atoms with Gasteiger partial charge in [-0.25, -0.2) is 0 Å². The Kier molecular flexibility index (Phi) is 6.13. The Balaban J connectivity index is 2.97. The molecule has 0 fully saturated rings. The van der Waals surface area contributed by atoms with Gasteiger partial charge in [0.05, 0.1) is 11.6 Å². The van der Waals surface area contributed by atoms with E-state index in [0.29, 0.717) is 15.1 Å². The van der Waals surface area contributed by atoms with E-state index in [1.54, 1.807) is 0 Å². The van der Waals surface area contributed by atoms with E-state index in [9.17, 15) is 18.0 Å². The quantitative estimate of drug-likeness (QED) is 0.736. The molecule has 8 heteroatoms. The second-order valence-corrected chi connectivity index (χ2v) is 5.11. The van der Waals surface area contributed by atoms with Gasteiger partial charge in [-0.2, -0.15) is 13.2 Å². The van der Waals surface area contributed by atoms with Crippen molar-refractivity contribution < 1.29 is 22.7 Å². The zero-order valence-electron chi connectivity index (χ0n) is 10.5. The number of nitrogens with zero attached hydrogens (tertiary/aromatic N) is 1. The third-order valence-electron chi connectivity index (χ3n) is 2.41. The molecule has 1 aromatic carbocycles. The van der Waals surface area contributed by atoms with Crippen LogP contribution in [-0.2, 0) is 0 Å². The normalized spacial score (nSPS) is 11.3. The highest BCUT2D eigenvalue weighted by Gasteiger charge is 2.33. The predicted octanol–water partition coefficient (Wildman–Crippen LogP) is 3.70. The number of hydrogen-bond donors (Lipinski definition) is 0. The average molecular weight is 375 g/mol. The number of carbonyl (C=O) groups is 1. The molecule has 1 rings (SSSR count). The van der Waals surface area contributed by atoms with E-state index in [0.717, 1.165) is 0 Å². The lowest BCUT2D eigenvalue weighted by atomic mass is 10.2. The summed E-state index contributed by atoms with van der Waals surface area (Å²) in [6, 6.07) is 4.33. The first-order valence-corrected chi connectivity index (χ1v) is 6.86. The van der Waals surface area contributed by atoms with Crippen LogP contribution in [0.4, 0.5) is 13.2 Å². The highest BCUT2D eigenvalue weighted by atomic mass is 79.9. The number of alkyl halides is 4. The lowest BCUT2D eigenvalue weighted by Crippen LogP contribution is -2.40. The Hall–Kier alpha value is -0.950. The van der Waals surface area contributed by atoms with Crippen LogP contribution in [0.3, 0.4) is 0 Å². The summed E-state index contributed by atoms with van der Waals surface area (Å²) < 4.78 is 42.8. The van der Waals surface area contributed by atoms with E-state index in [-0.39, 0.29) is 18.0 Å². The van der Waals surface area contributed by atoms with Crippen molar-refractivity contribution in [2.45, 2.75) is 6.18 Å². The minimum atomic E-state index is -4.47.